The van der Waals surface area contributed by atoms with Crippen LogP contribution in [0.4, 0.5) is 10.5 Å². The molecule has 0 spiro atoms. The van der Waals surface area contributed by atoms with Gasteiger partial charge in [-0.2, -0.15) is 0 Å². The third kappa shape index (κ3) is 5.46. The number of ether oxygens (including phenoxy) is 5. The summed E-state index contributed by atoms with van der Waals surface area (Å²) >= 11 is 6.29. The average Bonchev–Trinajstić information content (AvgIpc) is 2.82. The van der Waals surface area contributed by atoms with Crippen molar-refractivity contribution in [2.45, 2.75) is 13.8 Å². The highest BCUT2D eigenvalue weighted by Crippen LogP contribution is 2.41. The van der Waals surface area contributed by atoms with Gasteiger partial charge in [0.25, 0.3) is 5.91 Å². The van der Waals surface area contributed by atoms with E-state index >= 15 is 0 Å². The van der Waals surface area contributed by atoms with Gasteiger partial charge in [0.2, 0.25) is 0 Å². The smallest absolute Gasteiger partial charge is 0.426 e. The number of nitrogens with zero attached hydrogens (tertiary/aromatic N) is 1. The van der Waals surface area contributed by atoms with Gasteiger partial charge >= 0.3 is 18.0 Å². The van der Waals surface area contributed by atoms with Crippen molar-refractivity contribution >= 4 is 41.2 Å². The van der Waals surface area contributed by atoms with Crippen molar-refractivity contribution in [2.24, 2.45) is 0 Å². The molecule has 1 heterocycles. The number of esters is 2. The molecule has 1 aliphatic rings. The van der Waals surface area contributed by atoms with Crippen molar-refractivity contribution in [1.82, 2.24) is 10.9 Å². The van der Waals surface area contributed by atoms with Gasteiger partial charge < -0.3 is 28.6 Å². The molecule has 0 saturated carbocycles. The normalized spacial score (nSPS) is 13.2. The summed E-state index contributed by atoms with van der Waals surface area (Å²) in [7, 11) is 3.62. The molecule has 1 aliphatic heterocycles. The number of hydrogen-bond donors (Lipinski definition) is 2. The van der Waals surface area contributed by atoms with E-state index in [1.165, 1.54) is 18.1 Å². The van der Waals surface area contributed by atoms with Crippen molar-refractivity contribution in [3.05, 3.63) is 33.5 Å². The SMILES string of the molecule is CCOC(=O)NNC(=O)c1c(C)c(Cl)cc(OC)c1N1COCC(C(=O)OC)=C1C(=O)OC. The maximum absolute atomic E-state index is 13.1. The van der Waals surface area contributed by atoms with E-state index in [0.29, 0.717) is 5.56 Å². The molecular formula is C20H24ClN3O9. The fourth-order valence-electron chi connectivity index (χ4n) is 3.07. The van der Waals surface area contributed by atoms with Crippen LogP contribution in [-0.4, -0.2) is 65.2 Å². The number of amides is 2. The minimum Gasteiger partial charge on any atom is -0.494 e. The molecule has 2 rings (SSSR count). The molecule has 0 bridgehead atoms. The minimum absolute atomic E-state index is 0.0454. The van der Waals surface area contributed by atoms with Crippen LogP contribution in [-0.2, 0) is 28.5 Å². The maximum atomic E-state index is 13.1. The summed E-state index contributed by atoms with van der Waals surface area (Å²) in [5.41, 5.74) is 4.27. The number of anilines is 1. The lowest BCUT2D eigenvalue weighted by atomic mass is 10.0. The summed E-state index contributed by atoms with van der Waals surface area (Å²) in [4.78, 5) is 50.9. The van der Waals surface area contributed by atoms with Gasteiger partial charge in [0.05, 0.1) is 51.4 Å². The van der Waals surface area contributed by atoms with Crippen LogP contribution < -0.4 is 20.5 Å². The van der Waals surface area contributed by atoms with E-state index in [4.69, 9.17) is 35.3 Å². The van der Waals surface area contributed by atoms with Crippen LogP contribution in [0.5, 0.6) is 5.75 Å². The number of benzene rings is 1. The summed E-state index contributed by atoms with van der Waals surface area (Å²) in [5, 5.41) is 0.173. The molecule has 13 heteroatoms. The fraction of sp³-hybridized carbons (Fsp3) is 0.400. The van der Waals surface area contributed by atoms with E-state index in [-0.39, 0.29) is 53.2 Å². The number of methoxy groups -OCH3 is 3. The summed E-state index contributed by atoms with van der Waals surface area (Å²) in [6, 6.07) is 1.43. The van der Waals surface area contributed by atoms with Gasteiger partial charge in [0, 0.05) is 11.1 Å². The van der Waals surface area contributed by atoms with Gasteiger partial charge in [-0.15, -0.1) is 0 Å². The lowest BCUT2D eigenvalue weighted by Gasteiger charge is -2.33. The summed E-state index contributed by atoms with van der Waals surface area (Å²) in [6.07, 6.45) is -0.886. The predicted octanol–water partition coefficient (Wildman–Crippen LogP) is 1.44. The Kier molecular flexibility index (Phi) is 8.88. The molecule has 33 heavy (non-hydrogen) atoms. The second kappa shape index (κ2) is 11.4. The lowest BCUT2D eigenvalue weighted by Crippen LogP contribution is -2.44. The molecule has 0 atom stereocenters. The topological polar surface area (TPSA) is 142 Å². The minimum atomic E-state index is -0.886. The Labute approximate surface area is 194 Å². The van der Waals surface area contributed by atoms with Crippen LogP contribution in [0.25, 0.3) is 0 Å². The Morgan fingerprint density at radius 2 is 1.79 bits per heavy atom. The molecule has 0 aliphatic carbocycles. The molecular weight excluding hydrogens is 462 g/mol. The monoisotopic (exact) mass is 485 g/mol. The summed E-state index contributed by atoms with van der Waals surface area (Å²) in [5.74, 6) is -2.40. The quantitative estimate of drug-likeness (QED) is 0.345. The molecule has 12 nitrogen and oxygen atoms in total. The number of nitrogens with one attached hydrogen (secondary N) is 2. The first-order valence-electron chi connectivity index (χ1n) is 9.56. The number of halogens is 1. The van der Waals surface area contributed by atoms with E-state index in [0.717, 1.165) is 14.2 Å². The number of carbonyl (C=O) groups is 4. The van der Waals surface area contributed by atoms with E-state index in [9.17, 15) is 19.2 Å². The molecule has 0 saturated heterocycles. The fourth-order valence-corrected chi connectivity index (χ4v) is 3.26. The predicted molar refractivity (Wildman–Crippen MR) is 115 cm³/mol. The van der Waals surface area contributed by atoms with Crippen LogP contribution in [0, 0.1) is 6.92 Å². The van der Waals surface area contributed by atoms with E-state index in [1.807, 2.05) is 0 Å². The third-order valence-corrected chi connectivity index (χ3v) is 4.96. The highest BCUT2D eigenvalue weighted by atomic mass is 35.5. The largest absolute Gasteiger partial charge is 0.494 e. The zero-order valence-electron chi connectivity index (χ0n) is 18.7. The number of hydrazine groups is 1. The Morgan fingerprint density at radius 3 is 2.36 bits per heavy atom. The van der Waals surface area contributed by atoms with Crippen LogP contribution >= 0.6 is 11.6 Å². The van der Waals surface area contributed by atoms with Crippen molar-refractivity contribution < 1.29 is 42.9 Å². The maximum Gasteiger partial charge on any atom is 0.426 e. The van der Waals surface area contributed by atoms with Crippen molar-refractivity contribution in [1.29, 1.82) is 0 Å². The molecule has 2 N–H and O–H groups in total. The van der Waals surface area contributed by atoms with Gasteiger partial charge in [0.15, 0.2) is 0 Å². The molecule has 0 radical (unpaired) electrons. The molecule has 0 fully saturated rings. The van der Waals surface area contributed by atoms with Gasteiger partial charge in [-0.1, -0.05) is 11.6 Å². The molecule has 0 aromatic heterocycles. The third-order valence-electron chi connectivity index (χ3n) is 4.56. The standard InChI is InChI=1S/C20H24ClN3O9/c1-6-33-20(28)23-22-17(25)14-10(2)12(21)7-13(29-3)16(14)24-9-32-8-11(18(26)30-4)15(24)19(27)31-5/h7H,6,8-9H2,1-5H3,(H,22,25)(H,23,28). The zero-order chi connectivity index (χ0) is 24.7. The summed E-state index contributed by atoms with van der Waals surface area (Å²) < 4.78 is 25.2. The lowest BCUT2D eigenvalue weighted by molar-refractivity contribution is -0.140. The van der Waals surface area contributed by atoms with Crippen molar-refractivity contribution in [2.75, 3.05) is 46.2 Å². The highest BCUT2D eigenvalue weighted by molar-refractivity contribution is 6.32. The first-order chi connectivity index (χ1) is 15.7. The summed E-state index contributed by atoms with van der Waals surface area (Å²) in [6.45, 7) is 2.77. The second-order valence-corrected chi connectivity index (χ2v) is 6.83. The van der Waals surface area contributed by atoms with Crippen LogP contribution in [0.1, 0.15) is 22.8 Å². The number of rotatable bonds is 6. The van der Waals surface area contributed by atoms with Gasteiger partial charge in [0.1, 0.15) is 18.2 Å². The first kappa shape index (κ1) is 25.7. The number of carbonyl (C=O) groups excluding carboxylic acids is 4. The van der Waals surface area contributed by atoms with Crippen molar-refractivity contribution in [3.8, 4) is 5.75 Å². The van der Waals surface area contributed by atoms with E-state index in [2.05, 4.69) is 10.9 Å². The molecule has 0 unspecified atom stereocenters. The Balaban J connectivity index is 2.72. The van der Waals surface area contributed by atoms with E-state index in [1.54, 1.807) is 13.8 Å². The second-order valence-electron chi connectivity index (χ2n) is 6.42. The molecule has 1 aromatic rings. The van der Waals surface area contributed by atoms with E-state index < -0.39 is 23.9 Å². The number of hydrogen-bond acceptors (Lipinski definition) is 10. The van der Waals surface area contributed by atoms with Gasteiger partial charge in [-0.05, 0) is 19.4 Å². The van der Waals surface area contributed by atoms with Crippen LogP contribution in [0.3, 0.4) is 0 Å². The van der Waals surface area contributed by atoms with Gasteiger partial charge in [-0.25, -0.2) is 19.8 Å². The molecule has 180 valence electrons. The van der Waals surface area contributed by atoms with Crippen LogP contribution in [0.15, 0.2) is 17.3 Å². The van der Waals surface area contributed by atoms with Crippen LogP contribution in [0.2, 0.25) is 5.02 Å². The van der Waals surface area contributed by atoms with Crippen molar-refractivity contribution in [3.63, 3.8) is 0 Å². The Hall–Kier alpha value is -3.51. The molecule has 1 aromatic carbocycles. The first-order valence-corrected chi connectivity index (χ1v) is 9.94. The average molecular weight is 486 g/mol. The Bertz CT molecular complexity index is 993. The van der Waals surface area contributed by atoms with Gasteiger partial charge in [-0.3, -0.25) is 10.2 Å². The zero-order valence-corrected chi connectivity index (χ0v) is 19.5. The highest BCUT2D eigenvalue weighted by Gasteiger charge is 2.36. The Morgan fingerprint density at radius 1 is 1.12 bits per heavy atom. The molecule has 2 amide bonds.